The van der Waals surface area contributed by atoms with Gasteiger partial charge in [0.25, 0.3) is 6.43 Å². The second-order valence-electron chi connectivity index (χ2n) is 4.18. The van der Waals surface area contributed by atoms with Crippen LogP contribution in [0.3, 0.4) is 0 Å². The molecule has 0 aliphatic heterocycles. The average molecular weight is 273 g/mol. The molecule has 0 aliphatic carbocycles. The van der Waals surface area contributed by atoms with Gasteiger partial charge in [-0.3, -0.25) is 0 Å². The Bertz CT molecular complexity index is 583. The highest BCUT2D eigenvalue weighted by molar-refractivity contribution is 5.79. The molecule has 0 bridgehead atoms. The van der Waals surface area contributed by atoms with Crippen molar-refractivity contribution in [2.75, 3.05) is 18.9 Å². The molecule has 2 rings (SSSR count). The monoisotopic (exact) mass is 273 g/mol. The minimum atomic E-state index is -2.49. The quantitative estimate of drug-likeness (QED) is 0.851. The van der Waals surface area contributed by atoms with Crippen LogP contribution in [-0.2, 0) is 11.3 Å². The lowest BCUT2D eigenvalue weighted by Crippen LogP contribution is -2.12. The number of fused-ring (bicyclic) bond motifs is 1. The molecule has 1 aromatic carbocycles. The van der Waals surface area contributed by atoms with Gasteiger partial charge in [0.1, 0.15) is 12.4 Å². The van der Waals surface area contributed by atoms with E-state index < -0.39 is 13.0 Å². The molecular weight excluding hydrogens is 259 g/mol. The fourth-order valence-electron chi connectivity index (χ4n) is 1.83. The highest BCUT2D eigenvalue weighted by Crippen LogP contribution is 2.21. The van der Waals surface area contributed by atoms with Crippen LogP contribution in [0.25, 0.3) is 11.0 Å². The van der Waals surface area contributed by atoms with Crippen LogP contribution in [0, 0.1) is 12.7 Å². The Balaban J connectivity index is 2.18. The van der Waals surface area contributed by atoms with E-state index >= 15 is 0 Å². The molecule has 7 heteroatoms. The second kappa shape index (κ2) is 5.48. The predicted octanol–water partition coefficient (Wildman–Crippen LogP) is 2.35. The molecule has 0 aliphatic rings. The Morgan fingerprint density at radius 2 is 2.16 bits per heavy atom. The van der Waals surface area contributed by atoms with Crippen molar-refractivity contribution in [1.29, 1.82) is 0 Å². The number of benzene rings is 1. The summed E-state index contributed by atoms with van der Waals surface area (Å²) in [6.45, 7) is 1.41. The number of aryl methyl sites for hydroxylation is 1. The van der Waals surface area contributed by atoms with Crippen LogP contribution in [0.2, 0.25) is 0 Å². The van der Waals surface area contributed by atoms with Gasteiger partial charge in [-0.25, -0.2) is 18.2 Å². The first-order valence-corrected chi connectivity index (χ1v) is 5.77. The zero-order chi connectivity index (χ0) is 14.0. The van der Waals surface area contributed by atoms with Gasteiger partial charge in [0, 0.05) is 12.6 Å². The molecular formula is C12H14F3N3O. The van der Waals surface area contributed by atoms with Gasteiger partial charge in [-0.2, -0.15) is 0 Å². The van der Waals surface area contributed by atoms with Gasteiger partial charge in [0.05, 0.1) is 17.6 Å². The molecule has 19 heavy (non-hydrogen) atoms. The molecule has 0 unspecified atom stereocenters. The lowest BCUT2D eigenvalue weighted by molar-refractivity contribution is 0.0151. The molecule has 0 atom stereocenters. The first kappa shape index (κ1) is 13.7. The normalized spacial score (nSPS) is 11.6. The molecule has 0 saturated carbocycles. The van der Waals surface area contributed by atoms with Gasteiger partial charge in [-0.15, -0.1) is 0 Å². The number of hydrogen-bond donors (Lipinski definition) is 1. The Morgan fingerprint density at radius 1 is 1.42 bits per heavy atom. The zero-order valence-corrected chi connectivity index (χ0v) is 10.4. The van der Waals surface area contributed by atoms with Crippen LogP contribution >= 0.6 is 0 Å². The third kappa shape index (κ3) is 2.98. The summed E-state index contributed by atoms with van der Waals surface area (Å²) >= 11 is 0. The number of nitrogen functional groups attached to an aromatic ring is 1. The van der Waals surface area contributed by atoms with Crippen LogP contribution in [0.1, 0.15) is 5.56 Å². The maximum atomic E-state index is 13.4. The maximum Gasteiger partial charge on any atom is 0.261 e. The topological polar surface area (TPSA) is 53.1 Å². The Hall–Kier alpha value is -1.76. The fourth-order valence-corrected chi connectivity index (χ4v) is 1.83. The number of nitrogens with two attached hydrogens (primary N) is 1. The summed E-state index contributed by atoms with van der Waals surface area (Å²) in [7, 11) is 0. The summed E-state index contributed by atoms with van der Waals surface area (Å²) in [5.74, 6) is -0.147. The predicted molar refractivity (Wildman–Crippen MR) is 65.7 cm³/mol. The van der Waals surface area contributed by atoms with Crippen molar-refractivity contribution in [3.8, 4) is 0 Å². The van der Waals surface area contributed by atoms with E-state index in [1.165, 1.54) is 6.07 Å². The van der Waals surface area contributed by atoms with Crippen molar-refractivity contribution in [3.05, 3.63) is 23.5 Å². The molecule has 1 heterocycles. The molecule has 0 amide bonds. The van der Waals surface area contributed by atoms with Crippen LogP contribution < -0.4 is 5.73 Å². The zero-order valence-electron chi connectivity index (χ0n) is 10.4. The Kier molecular flexibility index (Phi) is 3.94. The number of anilines is 1. The number of rotatable bonds is 5. The summed E-state index contributed by atoms with van der Waals surface area (Å²) in [5, 5.41) is 0. The van der Waals surface area contributed by atoms with Crippen molar-refractivity contribution in [2.45, 2.75) is 19.9 Å². The van der Waals surface area contributed by atoms with Gasteiger partial charge in [0.15, 0.2) is 0 Å². The molecule has 0 radical (unpaired) electrons. The molecule has 104 valence electrons. The minimum absolute atomic E-state index is 0.0937. The molecule has 4 nitrogen and oxygen atoms in total. The summed E-state index contributed by atoms with van der Waals surface area (Å²) in [4.78, 5) is 4.03. The molecule has 2 aromatic rings. The average Bonchev–Trinajstić information content (AvgIpc) is 2.61. The summed E-state index contributed by atoms with van der Waals surface area (Å²) in [5.41, 5.74) is 7.30. The number of aromatic nitrogens is 2. The first-order chi connectivity index (χ1) is 8.99. The molecule has 0 fully saturated rings. The van der Waals surface area contributed by atoms with E-state index in [1.54, 1.807) is 17.6 Å². The third-order valence-corrected chi connectivity index (χ3v) is 2.76. The number of alkyl halides is 2. The number of halogens is 3. The van der Waals surface area contributed by atoms with E-state index in [9.17, 15) is 13.2 Å². The molecule has 0 saturated heterocycles. The largest absolute Gasteiger partial charge is 0.374 e. The van der Waals surface area contributed by atoms with Crippen LogP contribution in [0.4, 0.5) is 19.1 Å². The van der Waals surface area contributed by atoms with Gasteiger partial charge in [-0.1, -0.05) is 0 Å². The van der Waals surface area contributed by atoms with Crippen molar-refractivity contribution < 1.29 is 17.9 Å². The molecule has 0 spiro atoms. The minimum Gasteiger partial charge on any atom is -0.374 e. The smallest absolute Gasteiger partial charge is 0.261 e. The van der Waals surface area contributed by atoms with Crippen molar-refractivity contribution >= 4 is 17.0 Å². The van der Waals surface area contributed by atoms with Gasteiger partial charge < -0.3 is 15.0 Å². The van der Waals surface area contributed by atoms with Crippen LogP contribution in [-0.4, -0.2) is 29.2 Å². The molecule has 2 N–H and O–H groups in total. The standard InChI is InChI=1S/C12H14F3N3O/c1-7-4-10-9(5-8(7)13)17-12(16)18(10)2-3-19-6-11(14)15/h4-5,11H,2-3,6H2,1H3,(H2,16,17). The number of nitrogens with zero attached hydrogens (tertiary/aromatic N) is 2. The number of ether oxygens (including phenoxy) is 1. The van der Waals surface area contributed by atoms with Crippen LogP contribution in [0.5, 0.6) is 0 Å². The molecule has 1 aromatic heterocycles. The lowest BCUT2D eigenvalue weighted by Gasteiger charge is -2.07. The second-order valence-corrected chi connectivity index (χ2v) is 4.18. The van der Waals surface area contributed by atoms with Gasteiger partial charge >= 0.3 is 0 Å². The summed E-state index contributed by atoms with van der Waals surface area (Å²) < 4.78 is 43.6. The summed E-state index contributed by atoms with van der Waals surface area (Å²) in [6.07, 6.45) is -2.49. The van der Waals surface area contributed by atoms with Crippen molar-refractivity contribution in [2.24, 2.45) is 0 Å². The Morgan fingerprint density at radius 3 is 2.84 bits per heavy atom. The highest BCUT2D eigenvalue weighted by Gasteiger charge is 2.11. The van der Waals surface area contributed by atoms with Crippen molar-refractivity contribution in [1.82, 2.24) is 9.55 Å². The van der Waals surface area contributed by atoms with E-state index in [0.29, 0.717) is 23.1 Å². The van der Waals surface area contributed by atoms with E-state index in [2.05, 4.69) is 4.98 Å². The van der Waals surface area contributed by atoms with E-state index in [-0.39, 0.29) is 18.4 Å². The maximum absolute atomic E-state index is 13.4. The lowest BCUT2D eigenvalue weighted by atomic mass is 10.2. The van der Waals surface area contributed by atoms with E-state index in [0.717, 1.165) is 0 Å². The van der Waals surface area contributed by atoms with E-state index in [1.807, 2.05) is 0 Å². The third-order valence-electron chi connectivity index (χ3n) is 2.76. The highest BCUT2D eigenvalue weighted by atomic mass is 19.3. The SMILES string of the molecule is Cc1cc2c(cc1F)nc(N)n2CCOCC(F)F. The summed E-state index contributed by atoms with van der Waals surface area (Å²) in [6, 6.07) is 2.93. The van der Waals surface area contributed by atoms with E-state index in [4.69, 9.17) is 10.5 Å². The van der Waals surface area contributed by atoms with Crippen molar-refractivity contribution in [3.63, 3.8) is 0 Å². The van der Waals surface area contributed by atoms with Crippen LogP contribution in [0.15, 0.2) is 12.1 Å². The fraction of sp³-hybridized carbons (Fsp3) is 0.417. The number of imidazole rings is 1. The number of hydrogen-bond acceptors (Lipinski definition) is 3. The first-order valence-electron chi connectivity index (χ1n) is 5.77. The van der Waals surface area contributed by atoms with Gasteiger partial charge in [-0.05, 0) is 18.6 Å². The Labute approximate surface area is 108 Å². The van der Waals surface area contributed by atoms with Gasteiger partial charge in [0.2, 0.25) is 5.95 Å².